The predicted octanol–water partition coefficient (Wildman–Crippen LogP) is 7.74. The summed E-state index contributed by atoms with van der Waals surface area (Å²) in [5.74, 6) is -0.268. The van der Waals surface area contributed by atoms with Gasteiger partial charge in [-0.2, -0.15) is 13.2 Å². The third-order valence-corrected chi connectivity index (χ3v) is 4.59. The fraction of sp³-hybridized carbons (Fsp3) is 0.458. The first-order valence-electron chi connectivity index (χ1n) is 9.91. The van der Waals surface area contributed by atoms with Gasteiger partial charge in [-0.1, -0.05) is 34.9 Å². The Morgan fingerprint density at radius 1 is 0.931 bits per heavy atom. The van der Waals surface area contributed by atoms with E-state index in [0.717, 1.165) is 43.4 Å². The minimum Gasteiger partial charge on any atom is -0.381 e. The molecule has 160 valence electrons. The fourth-order valence-corrected chi connectivity index (χ4v) is 2.85. The molecular weight excluding hydrogens is 375 g/mol. The molecule has 0 saturated heterocycles. The summed E-state index contributed by atoms with van der Waals surface area (Å²) in [7, 11) is 0. The molecule has 0 amide bonds. The lowest BCUT2D eigenvalue weighted by Gasteiger charge is -2.13. The first-order chi connectivity index (χ1) is 13.5. The van der Waals surface area contributed by atoms with Crippen molar-refractivity contribution in [3.05, 3.63) is 64.3 Å². The maximum absolute atomic E-state index is 12.9. The fourth-order valence-electron chi connectivity index (χ4n) is 2.85. The average molecular weight is 408 g/mol. The Balaban J connectivity index is 2.63. The van der Waals surface area contributed by atoms with Crippen molar-refractivity contribution in [2.45, 2.75) is 66.5 Å². The van der Waals surface area contributed by atoms with Crippen LogP contribution >= 0.6 is 0 Å². The van der Waals surface area contributed by atoms with Crippen LogP contribution in [-0.2, 0) is 6.18 Å². The van der Waals surface area contributed by atoms with Crippen LogP contribution in [0.4, 0.5) is 18.9 Å². The monoisotopic (exact) mass is 407 g/mol. The van der Waals surface area contributed by atoms with Crippen molar-refractivity contribution in [3.63, 3.8) is 0 Å². The second-order valence-corrected chi connectivity index (χ2v) is 7.65. The maximum atomic E-state index is 12.9. The highest BCUT2D eigenvalue weighted by molar-refractivity contribution is 5.99. The van der Waals surface area contributed by atoms with Crippen LogP contribution in [0.2, 0.25) is 0 Å². The zero-order valence-electron chi connectivity index (χ0n) is 18.0. The third-order valence-electron chi connectivity index (χ3n) is 4.59. The normalized spacial score (nSPS) is 12.7. The molecule has 2 nitrogen and oxygen atoms in total. The first-order valence-corrected chi connectivity index (χ1v) is 9.91. The molecule has 1 rings (SSSR count). The molecule has 1 N–H and O–H groups in total. The molecule has 5 heteroatoms. The van der Waals surface area contributed by atoms with Gasteiger partial charge in [0.15, 0.2) is 5.78 Å². The van der Waals surface area contributed by atoms with E-state index in [1.165, 1.54) is 24.1 Å². The summed E-state index contributed by atoms with van der Waals surface area (Å²) in [4.78, 5) is 11.7. The van der Waals surface area contributed by atoms with Gasteiger partial charge in [0, 0.05) is 17.8 Å². The number of carbonyl (C=O) groups is 1. The van der Waals surface area contributed by atoms with Crippen molar-refractivity contribution in [2.75, 3.05) is 11.9 Å². The summed E-state index contributed by atoms with van der Waals surface area (Å²) in [6.07, 6.45) is 5.93. The van der Waals surface area contributed by atoms with Crippen LogP contribution in [0, 0.1) is 0 Å². The Bertz CT molecular complexity index is 782. The summed E-state index contributed by atoms with van der Waals surface area (Å²) in [6, 6.07) is 3.17. The lowest BCUT2D eigenvalue weighted by atomic mass is 10.0. The quantitative estimate of drug-likeness (QED) is 0.317. The van der Waals surface area contributed by atoms with E-state index in [4.69, 9.17) is 0 Å². The van der Waals surface area contributed by atoms with Gasteiger partial charge in [0.25, 0.3) is 0 Å². The largest absolute Gasteiger partial charge is 0.416 e. The molecule has 0 atom stereocenters. The van der Waals surface area contributed by atoms with Gasteiger partial charge < -0.3 is 5.32 Å². The molecule has 0 aliphatic heterocycles. The summed E-state index contributed by atoms with van der Waals surface area (Å²) >= 11 is 0. The van der Waals surface area contributed by atoms with Crippen molar-refractivity contribution in [1.29, 1.82) is 0 Å². The zero-order valence-corrected chi connectivity index (χ0v) is 18.0. The van der Waals surface area contributed by atoms with Crippen molar-refractivity contribution in [1.82, 2.24) is 0 Å². The van der Waals surface area contributed by atoms with Gasteiger partial charge in [0.1, 0.15) is 0 Å². The Hall–Kier alpha value is -2.30. The summed E-state index contributed by atoms with van der Waals surface area (Å²) in [5, 5.41) is 2.96. The van der Waals surface area contributed by atoms with Gasteiger partial charge in [-0.3, -0.25) is 4.79 Å². The lowest BCUT2D eigenvalue weighted by molar-refractivity contribution is -0.137. The van der Waals surface area contributed by atoms with Gasteiger partial charge in [0.2, 0.25) is 0 Å². The standard InChI is InChI=1S/C24H32F3NO/c1-17(2)8-6-9-18(3)10-7-11-19(4)14-15-28-23-16-21(24(25,26)27)12-13-22(23)20(5)29/h8,10,12-14,16,28H,6-7,9,11,15H2,1-5H3/b18-10+,19-14+. The Labute approximate surface area is 172 Å². The van der Waals surface area contributed by atoms with Crippen LogP contribution < -0.4 is 5.32 Å². The van der Waals surface area contributed by atoms with E-state index < -0.39 is 11.7 Å². The molecule has 0 aliphatic rings. The summed E-state index contributed by atoms with van der Waals surface area (Å²) < 4.78 is 38.8. The SMILES string of the molecule is CC(=O)c1ccc(C(F)(F)F)cc1NC/C=C(\C)CC/C=C(\C)CCC=C(C)C. The Morgan fingerprint density at radius 2 is 1.52 bits per heavy atom. The van der Waals surface area contributed by atoms with E-state index in [1.54, 1.807) is 0 Å². The second-order valence-electron chi connectivity index (χ2n) is 7.65. The molecule has 0 saturated carbocycles. The Morgan fingerprint density at radius 3 is 2.07 bits per heavy atom. The highest BCUT2D eigenvalue weighted by atomic mass is 19.4. The van der Waals surface area contributed by atoms with E-state index in [-0.39, 0.29) is 17.0 Å². The van der Waals surface area contributed by atoms with Crippen LogP contribution in [0.5, 0.6) is 0 Å². The molecule has 29 heavy (non-hydrogen) atoms. The number of Topliss-reactive ketones (excluding diaryl/α,β-unsaturated/α-hetero) is 1. The lowest BCUT2D eigenvalue weighted by Crippen LogP contribution is -2.10. The minimum atomic E-state index is -4.44. The second kappa shape index (κ2) is 11.6. The molecule has 0 spiro atoms. The van der Waals surface area contributed by atoms with Gasteiger partial charge in [-0.05, 0) is 78.5 Å². The molecule has 1 aromatic rings. The number of rotatable bonds is 10. The number of hydrogen-bond donors (Lipinski definition) is 1. The van der Waals surface area contributed by atoms with Gasteiger partial charge in [-0.15, -0.1) is 0 Å². The van der Waals surface area contributed by atoms with Gasteiger partial charge >= 0.3 is 6.18 Å². The average Bonchev–Trinajstić information content (AvgIpc) is 2.60. The molecule has 0 aromatic heterocycles. The van der Waals surface area contributed by atoms with E-state index >= 15 is 0 Å². The number of carbonyl (C=O) groups excluding carboxylic acids is 1. The topological polar surface area (TPSA) is 29.1 Å². The zero-order chi connectivity index (χ0) is 22.0. The molecule has 0 radical (unpaired) electrons. The van der Waals surface area contributed by atoms with Crippen LogP contribution in [-0.4, -0.2) is 12.3 Å². The molecule has 0 unspecified atom stereocenters. The molecule has 0 aliphatic carbocycles. The summed E-state index contributed by atoms with van der Waals surface area (Å²) in [5.41, 5.74) is 3.56. The van der Waals surface area contributed by atoms with E-state index in [1.807, 2.05) is 13.0 Å². The molecule has 0 fully saturated rings. The number of hydrogen-bond acceptors (Lipinski definition) is 2. The molecule has 1 aromatic carbocycles. The van der Waals surface area contributed by atoms with Crippen molar-refractivity contribution >= 4 is 11.5 Å². The molecule has 0 heterocycles. The van der Waals surface area contributed by atoms with Crippen LogP contribution in [0.3, 0.4) is 0 Å². The van der Waals surface area contributed by atoms with Crippen LogP contribution in [0.1, 0.15) is 76.2 Å². The predicted molar refractivity (Wildman–Crippen MR) is 115 cm³/mol. The maximum Gasteiger partial charge on any atom is 0.416 e. The third kappa shape index (κ3) is 9.64. The van der Waals surface area contributed by atoms with Gasteiger partial charge in [0.05, 0.1) is 5.56 Å². The van der Waals surface area contributed by atoms with E-state index in [2.05, 4.69) is 38.2 Å². The summed E-state index contributed by atoms with van der Waals surface area (Å²) in [6.45, 7) is 10.1. The highest BCUT2D eigenvalue weighted by Gasteiger charge is 2.31. The number of benzene rings is 1. The van der Waals surface area contributed by atoms with Gasteiger partial charge in [-0.25, -0.2) is 0 Å². The first kappa shape index (κ1) is 24.7. The van der Waals surface area contributed by atoms with Crippen LogP contribution in [0.15, 0.2) is 53.1 Å². The van der Waals surface area contributed by atoms with Crippen LogP contribution in [0.25, 0.3) is 0 Å². The van der Waals surface area contributed by atoms with Crippen molar-refractivity contribution in [2.24, 2.45) is 0 Å². The smallest absolute Gasteiger partial charge is 0.381 e. The Kier molecular flexibility index (Phi) is 9.93. The number of alkyl halides is 3. The molecule has 0 bridgehead atoms. The molecular formula is C24H32F3NO. The number of nitrogens with one attached hydrogen (secondary N) is 1. The van der Waals surface area contributed by atoms with E-state index in [9.17, 15) is 18.0 Å². The highest BCUT2D eigenvalue weighted by Crippen LogP contribution is 2.32. The van der Waals surface area contributed by atoms with Crippen molar-refractivity contribution < 1.29 is 18.0 Å². The minimum absolute atomic E-state index is 0.214. The van der Waals surface area contributed by atoms with Crippen molar-refractivity contribution in [3.8, 4) is 0 Å². The number of halogens is 3. The number of anilines is 1. The number of allylic oxidation sites excluding steroid dienone is 5. The number of ketones is 1. The van der Waals surface area contributed by atoms with E-state index in [0.29, 0.717) is 6.54 Å².